The average molecular weight is 393 g/mol. The third-order valence-corrected chi connectivity index (χ3v) is 5.75. The SMILES string of the molecule is CN(C)c1ccc(C(c2cccc(Cl)c2Cl)N2CCCC2C(=O)O)cc1. The number of nitrogens with zero attached hydrogens (tertiary/aromatic N) is 2. The fourth-order valence-corrected chi connectivity index (χ4v) is 4.01. The number of hydrogen-bond acceptors (Lipinski definition) is 3. The van der Waals surface area contributed by atoms with Gasteiger partial charge in [0.1, 0.15) is 6.04 Å². The van der Waals surface area contributed by atoms with Crippen LogP contribution in [0, 0.1) is 0 Å². The van der Waals surface area contributed by atoms with Crippen molar-refractivity contribution in [2.45, 2.75) is 24.9 Å². The lowest BCUT2D eigenvalue weighted by molar-refractivity contribution is -0.142. The topological polar surface area (TPSA) is 43.8 Å². The Kier molecular flexibility index (Phi) is 5.76. The van der Waals surface area contributed by atoms with E-state index in [-0.39, 0.29) is 6.04 Å². The quantitative estimate of drug-likeness (QED) is 0.800. The van der Waals surface area contributed by atoms with E-state index in [1.807, 2.05) is 60.3 Å². The molecule has 2 aromatic carbocycles. The molecule has 0 spiro atoms. The van der Waals surface area contributed by atoms with Gasteiger partial charge in [-0.25, -0.2) is 0 Å². The molecule has 138 valence electrons. The van der Waals surface area contributed by atoms with Crippen molar-refractivity contribution in [3.8, 4) is 0 Å². The van der Waals surface area contributed by atoms with Gasteiger partial charge in [-0.1, -0.05) is 47.5 Å². The van der Waals surface area contributed by atoms with E-state index in [1.165, 1.54) is 0 Å². The van der Waals surface area contributed by atoms with Gasteiger partial charge in [0.15, 0.2) is 0 Å². The highest BCUT2D eigenvalue weighted by atomic mass is 35.5. The highest BCUT2D eigenvalue weighted by Crippen LogP contribution is 2.40. The second kappa shape index (κ2) is 7.87. The number of carbonyl (C=O) groups is 1. The van der Waals surface area contributed by atoms with Crippen LogP contribution >= 0.6 is 23.2 Å². The first-order valence-electron chi connectivity index (χ1n) is 8.60. The Morgan fingerprint density at radius 1 is 1.19 bits per heavy atom. The van der Waals surface area contributed by atoms with E-state index in [2.05, 4.69) is 0 Å². The molecule has 3 rings (SSSR count). The van der Waals surface area contributed by atoms with Gasteiger partial charge in [0.25, 0.3) is 0 Å². The van der Waals surface area contributed by atoms with Crippen LogP contribution in [0.5, 0.6) is 0 Å². The molecule has 2 atom stereocenters. The molecular formula is C20H22Cl2N2O2. The zero-order chi connectivity index (χ0) is 18.8. The first kappa shape index (κ1) is 19.0. The molecule has 0 radical (unpaired) electrons. The summed E-state index contributed by atoms with van der Waals surface area (Å²) in [5.41, 5.74) is 2.93. The summed E-state index contributed by atoms with van der Waals surface area (Å²) < 4.78 is 0. The third kappa shape index (κ3) is 3.68. The third-order valence-electron chi connectivity index (χ3n) is 4.91. The normalized spacial score (nSPS) is 18.7. The second-order valence-corrected chi connectivity index (χ2v) is 7.55. The molecule has 4 nitrogen and oxygen atoms in total. The summed E-state index contributed by atoms with van der Waals surface area (Å²) in [4.78, 5) is 15.8. The summed E-state index contributed by atoms with van der Waals surface area (Å²) in [6.07, 6.45) is 1.49. The molecule has 2 unspecified atom stereocenters. The summed E-state index contributed by atoms with van der Waals surface area (Å²) >= 11 is 12.8. The van der Waals surface area contributed by atoms with Crippen LogP contribution in [0.4, 0.5) is 5.69 Å². The minimum absolute atomic E-state index is 0.249. The molecular weight excluding hydrogens is 371 g/mol. The number of carboxylic acid groups (broad SMARTS) is 1. The lowest BCUT2D eigenvalue weighted by Gasteiger charge is -2.33. The maximum Gasteiger partial charge on any atom is 0.320 e. The van der Waals surface area contributed by atoms with Crippen molar-refractivity contribution in [2.75, 3.05) is 25.5 Å². The van der Waals surface area contributed by atoms with Crippen LogP contribution in [0.15, 0.2) is 42.5 Å². The molecule has 0 saturated carbocycles. The van der Waals surface area contributed by atoms with Gasteiger partial charge in [-0.15, -0.1) is 0 Å². The number of anilines is 1. The highest BCUT2D eigenvalue weighted by Gasteiger charge is 2.37. The second-order valence-electron chi connectivity index (χ2n) is 6.77. The van der Waals surface area contributed by atoms with Crippen molar-refractivity contribution in [1.82, 2.24) is 4.90 Å². The van der Waals surface area contributed by atoms with Gasteiger partial charge in [0.05, 0.1) is 16.1 Å². The minimum Gasteiger partial charge on any atom is -0.480 e. The van der Waals surface area contributed by atoms with E-state index >= 15 is 0 Å². The van der Waals surface area contributed by atoms with E-state index in [1.54, 1.807) is 6.07 Å². The number of benzene rings is 2. The van der Waals surface area contributed by atoms with Crippen molar-refractivity contribution in [3.63, 3.8) is 0 Å². The lowest BCUT2D eigenvalue weighted by Crippen LogP contribution is -2.39. The molecule has 1 aliphatic rings. The molecule has 0 bridgehead atoms. The van der Waals surface area contributed by atoms with E-state index in [9.17, 15) is 9.90 Å². The van der Waals surface area contributed by atoms with E-state index in [4.69, 9.17) is 23.2 Å². The van der Waals surface area contributed by atoms with Crippen molar-refractivity contribution >= 4 is 34.9 Å². The molecule has 2 aromatic rings. The van der Waals surface area contributed by atoms with Crippen LogP contribution in [-0.2, 0) is 4.79 Å². The molecule has 26 heavy (non-hydrogen) atoms. The predicted octanol–water partition coefficient (Wildman–Crippen LogP) is 4.70. The van der Waals surface area contributed by atoms with E-state index < -0.39 is 12.0 Å². The fraction of sp³-hybridized carbons (Fsp3) is 0.350. The Balaban J connectivity index is 2.10. The molecule has 1 heterocycles. The fourth-order valence-electron chi connectivity index (χ4n) is 3.60. The van der Waals surface area contributed by atoms with Gasteiger partial charge in [-0.2, -0.15) is 0 Å². The highest BCUT2D eigenvalue weighted by molar-refractivity contribution is 6.42. The number of aliphatic carboxylic acids is 1. The van der Waals surface area contributed by atoms with Crippen LogP contribution in [0.2, 0.25) is 10.0 Å². The van der Waals surface area contributed by atoms with Crippen LogP contribution in [0.25, 0.3) is 0 Å². The summed E-state index contributed by atoms with van der Waals surface area (Å²) in [5, 5.41) is 10.6. The van der Waals surface area contributed by atoms with Gasteiger partial charge in [-0.3, -0.25) is 9.69 Å². The molecule has 1 fully saturated rings. The first-order valence-corrected chi connectivity index (χ1v) is 9.35. The Hall–Kier alpha value is -1.75. The van der Waals surface area contributed by atoms with Crippen LogP contribution in [-0.4, -0.2) is 42.7 Å². The van der Waals surface area contributed by atoms with Crippen molar-refractivity contribution in [2.24, 2.45) is 0 Å². The number of rotatable bonds is 5. The Labute approximate surface area is 163 Å². The Morgan fingerprint density at radius 3 is 2.50 bits per heavy atom. The summed E-state index contributed by atoms with van der Waals surface area (Å²) in [7, 11) is 3.97. The number of hydrogen-bond donors (Lipinski definition) is 1. The summed E-state index contributed by atoms with van der Waals surface area (Å²) in [6.45, 7) is 0.708. The molecule has 0 amide bonds. The molecule has 0 aromatic heterocycles. The van der Waals surface area contributed by atoms with Crippen molar-refractivity contribution < 1.29 is 9.90 Å². The Bertz CT molecular complexity index is 793. The molecule has 1 aliphatic heterocycles. The van der Waals surface area contributed by atoms with Gasteiger partial charge >= 0.3 is 5.97 Å². The largest absolute Gasteiger partial charge is 0.480 e. The zero-order valence-electron chi connectivity index (χ0n) is 14.8. The summed E-state index contributed by atoms with van der Waals surface area (Å²) in [5.74, 6) is -0.796. The number of halogens is 2. The molecule has 1 N–H and O–H groups in total. The Morgan fingerprint density at radius 2 is 1.88 bits per heavy atom. The standard InChI is InChI=1S/C20H22Cl2N2O2/c1-23(2)14-10-8-13(9-11-14)19(15-5-3-6-16(21)18(15)22)24-12-4-7-17(24)20(25)26/h3,5-6,8-11,17,19H,4,7,12H2,1-2H3,(H,25,26). The van der Waals surface area contributed by atoms with Crippen LogP contribution < -0.4 is 4.90 Å². The van der Waals surface area contributed by atoms with E-state index in [0.717, 1.165) is 23.2 Å². The van der Waals surface area contributed by atoms with Crippen molar-refractivity contribution in [3.05, 3.63) is 63.6 Å². The molecule has 0 aliphatic carbocycles. The van der Waals surface area contributed by atoms with Gasteiger partial charge in [0.2, 0.25) is 0 Å². The van der Waals surface area contributed by atoms with Gasteiger partial charge < -0.3 is 10.0 Å². The maximum atomic E-state index is 11.8. The number of likely N-dealkylation sites (tertiary alicyclic amines) is 1. The monoisotopic (exact) mass is 392 g/mol. The predicted molar refractivity (Wildman–Crippen MR) is 106 cm³/mol. The smallest absolute Gasteiger partial charge is 0.320 e. The zero-order valence-corrected chi connectivity index (χ0v) is 16.3. The summed E-state index contributed by atoms with van der Waals surface area (Å²) in [6, 6.07) is 12.9. The van der Waals surface area contributed by atoms with Gasteiger partial charge in [0, 0.05) is 26.3 Å². The first-order chi connectivity index (χ1) is 12.4. The molecule has 1 saturated heterocycles. The van der Waals surface area contributed by atoms with E-state index in [0.29, 0.717) is 23.0 Å². The van der Waals surface area contributed by atoms with Crippen LogP contribution in [0.1, 0.15) is 30.0 Å². The van der Waals surface area contributed by atoms with Crippen LogP contribution in [0.3, 0.4) is 0 Å². The average Bonchev–Trinajstić information content (AvgIpc) is 3.09. The van der Waals surface area contributed by atoms with Gasteiger partial charge in [-0.05, 0) is 42.2 Å². The maximum absolute atomic E-state index is 11.8. The number of carboxylic acids is 1. The van der Waals surface area contributed by atoms with Crippen molar-refractivity contribution in [1.29, 1.82) is 0 Å². The minimum atomic E-state index is -0.796. The molecule has 6 heteroatoms. The lowest BCUT2D eigenvalue weighted by atomic mass is 9.95.